The number of H-pyrrole nitrogens is 2. The Morgan fingerprint density at radius 3 is 2.70 bits per heavy atom. The molecule has 3 aromatic heterocycles. The van der Waals surface area contributed by atoms with Gasteiger partial charge in [-0.05, 0) is 0 Å². The second kappa shape index (κ2) is 8.86. The summed E-state index contributed by atoms with van der Waals surface area (Å²) >= 11 is 0. The summed E-state index contributed by atoms with van der Waals surface area (Å²) in [6, 6.07) is 0. The molecule has 0 aromatic carbocycles. The van der Waals surface area contributed by atoms with Crippen LogP contribution < -0.4 is 33.5 Å². The number of anilines is 1. The first-order chi connectivity index (χ1) is 15.4. The van der Waals surface area contributed by atoms with Crippen LogP contribution in [0.4, 0.5) is 10.6 Å². The molecule has 33 heavy (non-hydrogen) atoms. The van der Waals surface area contributed by atoms with E-state index >= 15 is 0 Å². The van der Waals surface area contributed by atoms with Crippen LogP contribution in [0.15, 0.2) is 34.5 Å². The first kappa shape index (κ1) is 22.8. The Morgan fingerprint density at radius 2 is 1.97 bits per heavy atom. The zero-order chi connectivity index (χ0) is 22.3. The molecule has 0 radical (unpaired) electrons. The molecule has 13 nitrogen and oxygen atoms in total. The number of hydrogen-bond donors (Lipinski definition) is 3. The lowest BCUT2D eigenvalue weighted by Crippen LogP contribution is -3.00. The van der Waals surface area contributed by atoms with Gasteiger partial charge in [-0.25, -0.2) is 24.1 Å². The molecular weight excluding hydrogens is 500 g/mol. The summed E-state index contributed by atoms with van der Waals surface area (Å²) in [5, 5.41) is 2.76. The number of ether oxygens (including phenoxy) is 1. The van der Waals surface area contributed by atoms with Crippen molar-refractivity contribution in [2.45, 2.75) is 18.9 Å². The molecule has 0 unspecified atom stereocenters. The van der Waals surface area contributed by atoms with E-state index < -0.39 is 17.3 Å². The average Bonchev–Trinajstić information content (AvgIpc) is 3.19. The van der Waals surface area contributed by atoms with Gasteiger partial charge < -0.3 is 31.5 Å². The molecule has 1 amide bonds. The molecule has 0 aliphatic carbocycles. The normalized spacial score (nSPS) is 23.6. The molecule has 0 spiro atoms. The summed E-state index contributed by atoms with van der Waals surface area (Å²) in [6.45, 7) is 2.40. The minimum Gasteiger partial charge on any atom is -1.00 e. The third-order valence-corrected chi connectivity index (χ3v) is 6.24. The van der Waals surface area contributed by atoms with E-state index in [1.807, 2.05) is 0 Å². The third-order valence-electron chi connectivity index (χ3n) is 6.24. The molecule has 2 bridgehead atoms. The molecule has 174 valence electrons. The Balaban J connectivity index is 0.00000259. The van der Waals surface area contributed by atoms with Crippen LogP contribution >= 0.6 is 0 Å². The first-order valence-corrected chi connectivity index (χ1v) is 10.2. The highest BCUT2D eigenvalue weighted by Crippen LogP contribution is 2.35. The summed E-state index contributed by atoms with van der Waals surface area (Å²) in [4.78, 5) is 65.2. The molecule has 14 heteroatoms. The zero-order valence-electron chi connectivity index (χ0n) is 17.4. The molecule has 3 aromatic rings. The van der Waals surface area contributed by atoms with Gasteiger partial charge in [0.05, 0.1) is 19.3 Å². The van der Waals surface area contributed by atoms with Gasteiger partial charge in [-0.3, -0.25) is 24.5 Å². The standard InChI is InChI=1S/C19H20N8O5.BrH/c28-14(23-13-7-20-3-4-21-13)9-27-5-1-11(2-6-27)12(8-27)32-19(31)26-10-22-15-16(26)24-18(30)25-17(15)29;/h3-4,7,10-12H,1-2,5-6,8-9H2,(H2-,21,23,24,25,28,29,30);1H/t11?,12-,27?;/m0./s1. The van der Waals surface area contributed by atoms with Crippen molar-refractivity contribution in [3.8, 4) is 0 Å². The number of quaternary nitrogens is 1. The smallest absolute Gasteiger partial charge is 0.421 e. The fraction of sp³-hybridized carbons (Fsp3) is 0.421. The zero-order valence-corrected chi connectivity index (χ0v) is 18.9. The minimum absolute atomic E-state index is 0. The molecule has 6 rings (SSSR count). The summed E-state index contributed by atoms with van der Waals surface area (Å²) in [7, 11) is 0. The van der Waals surface area contributed by atoms with E-state index in [2.05, 4.69) is 30.2 Å². The summed E-state index contributed by atoms with van der Waals surface area (Å²) in [5.41, 5.74) is -1.49. The molecular formula is C19H21BrN8O5. The van der Waals surface area contributed by atoms with E-state index in [-0.39, 0.29) is 52.6 Å². The molecule has 3 aliphatic rings. The number of carbonyl (C=O) groups excluding carboxylic acids is 2. The van der Waals surface area contributed by atoms with E-state index in [4.69, 9.17) is 4.74 Å². The maximum atomic E-state index is 12.8. The number of piperidine rings is 3. The number of imidazole rings is 1. The Bertz CT molecular complexity index is 1290. The van der Waals surface area contributed by atoms with E-state index in [0.717, 1.165) is 36.8 Å². The van der Waals surface area contributed by atoms with Crippen LogP contribution in [0.1, 0.15) is 12.8 Å². The second-order valence-corrected chi connectivity index (χ2v) is 8.25. The number of aromatic nitrogens is 6. The second-order valence-electron chi connectivity index (χ2n) is 8.25. The van der Waals surface area contributed by atoms with E-state index in [1.54, 1.807) is 0 Å². The van der Waals surface area contributed by atoms with Gasteiger partial charge >= 0.3 is 11.8 Å². The fourth-order valence-electron chi connectivity index (χ4n) is 4.69. The highest BCUT2D eigenvalue weighted by molar-refractivity contribution is 5.90. The number of amides is 1. The number of halogens is 1. The van der Waals surface area contributed by atoms with Crippen LogP contribution in [0.5, 0.6) is 0 Å². The maximum absolute atomic E-state index is 12.8. The van der Waals surface area contributed by atoms with E-state index in [9.17, 15) is 19.2 Å². The highest BCUT2D eigenvalue weighted by atomic mass is 79.9. The molecule has 6 heterocycles. The lowest BCUT2D eigenvalue weighted by atomic mass is 9.83. The number of hydrogen-bond acceptors (Lipinski definition) is 8. The predicted octanol–water partition coefficient (Wildman–Crippen LogP) is -3.56. The van der Waals surface area contributed by atoms with Crippen molar-refractivity contribution in [1.29, 1.82) is 0 Å². The predicted molar refractivity (Wildman–Crippen MR) is 110 cm³/mol. The molecule has 3 N–H and O–H groups in total. The van der Waals surface area contributed by atoms with Crippen molar-refractivity contribution in [2.75, 3.05) is 31.5 Å². The molecule has 3 saturated heterocycles. The number of rotatable bonds is 4. The van der Waals surface area contributed by atoms with Crippen molar-refractivity contribution in [2.24, 2.45) is 5.92 Å². The van der Waals surface area contributed by atoms with E-state index in [0.29, 0.717) is 16.8 Å². The van der Waals surface area contributed by atoms with Crippen LogP contribution in [0.2, 0.25) is 0 Å². The van der Waals surface area contributed by atoms with Gasteiger partial charge in [0.1, 0.15) is 12.9 Å². The average molecular weight is 521 g/mol. The Labute approximate surface area is 196 Å². The van der Waals surface area contributed by atoms with Gasteiger partial charge in [-0.15, -0.1) is 0 Å². The maximum Gasteiger partial charge on any atom is 0.421 e. The number of nitrogens with one attached hydrogen (secondary N) is 3. The van der Waals surface area contributed by atoms with Gasteiger partial charge in [-0.1, -0.05) is 0 Å². The number of fused-ring (bicyclic) bond motifs is 4. The monoisotopic (exact) mass is 520 g/mol. The lowest BCUT2D eigenvalue weighted by molar-refractivity contribution is -0.938. The Hall–Kier alpha value is -3.39. The first-order valence-electron chi connectivity index (χ1n) is 10.2. The fourth-order valence-corrected chi connectivity index (χ4v) is 4.69. The quantitative estimate of drug-likeness (QED) is 0.297. The van der Waals surface area contributed by atoms with Crippen molar-refractivity contribution >= 4 is 29.0 Å². The van der Waals surface area contributed by atoms with Crippen LogP contribution in [-0.2, 0) is 9.53 Å². The number of carbonyl (C=O) groups is 2. The Kier molecular flexibility index (Phi) is 6.12. The van der Waals surface area contributed by atoms with Gasteiger partial charge in [0, 0.05) is 31.2 Å². The van der Waals surface area contributed by atoms with Crippen molar-refractivity contribution in [3.05, 3.63) is 45.8 Å². The SMILES string of the molecule is O=C(C[N+]12CCC(CC1)[C@@H](OC(=O)n1cnc3c(=O)[nH]c(=O)[nH]c31)C2)Nc1cnccn1.[Br-]. The van der Waals surface area contributed by atoms with E-state index in [1.165, 1.54) is 18.6 Å². The number of aromatic amines is 2. The minimum atomic E-state index is -0.737. The molecule has 3 fully saturated rings. The topological polar surface area (TPSA) is 165 Å². The van der Waals surface area contributed by atoms with Crippen molar-refractivity contribution in [1.82, 2.24) is 29.5 Å². The highest BCUT2D eigenvalue weighted by Gasteiger charge is 2.48. The van der Waals surface area contributed by atoms with Crippen LogP contribution in [0, 0.1) is 5.92 Å². The largest absolute Gasteiger partial charge is 1.00 e. The summed E-state index contributed by atoms with van der Waals surface area (Å²) in [5.74, 6) is 0.411. The van der Waals surface area contributed by atoms with Crippen molar-refractivity contribution < 1.29 is 35.8 Å². The molecule has 3 aliphatic heterocycles. The number of nitrogens with zero attached hydrogens (tertiary/aromatic N) is 5. The van der Waals surface area contributed by atoms with Crippen LogP contribution in [0.25, 0.3) is 11.2 Å². The summed E-state index contributed by atoms with van der Waals surface area (Å²) in [6.07, 6.45) is 6.21. The molecule has 0 saturated carbocycles. The third kappa shape index (κ3) is 4.43. The van der Waals surface area contributed by atoms with Gasteiger partial charge in [0.2, 0.25) is 0 Å². The summed E-state index contributed by atoms with van der Waals surface area (Å²) < 4.78 is 7.30. The van der Waals surface area contributed by atoms with Crippen molar-refractivity contribution in [3.63, 3.8) is 0 Å². The molecule has 1 atom stereocenters. The lowest BCUT2D eigenvalue weighted by Gasteiger charge is -2.51. The van der Waals surface area contributed by atoms with Crippen LogP contribution in [0.3, 0.4) is 0 Å². The van der Waals surface area contributed by atoms with Gasteiger partial charge in [0.25, 0.3) is 11.5 Å². The Morgan fingerprint density at radius 1 is 1.18 bits per heavy atom. The van der Waals surface area contributed by atoms with Crippen LogP contribution in [-0.4, -0.2) is 78.3 Å². The van der Waals surface area contributed by atoms with Gasteiger partial charge in [0.15, 0.2) is 29.6 Å². The van der Waals surface area contributed by atoms with Gasteiger partial charge in [-0.2, -0.15) is 0 Å².